The van der Waals surface area contributed by atoms with Crippen LogP contribution in [0.4, 0.5) is 0 Å². The van der Waals surface area contributed by atoms with Crippen LogP contribution in [0.15, 0.2) is 30.3 Å². The molecule has 1 aliphatic heterocycles. The number of nitrogens with zero attached hydrogens (tertiary/aromatic N) is 1. The van der Waals surface area contributed by atoms with Gasteiger partial charge in [0.1, 0.15) is 12.5 Å². The molecule has 1 aliphatic rings. The Morgan fingerprint density at radius 2 is 1.86 bits per heavy atom. The molecule has 2 rings (SSSR count). The van der Waals surface area contributed by atoms with Gasteiger partial charge >= 0.3 is 5.97 Å². The van der Waals surface area contributed by atoms with Crippen LogP contribution in [0, 0.1) is 5.92 Å². The highest BCUT2D eigenvalue weighted by atomic mass is 127. The van der Waals surface area contributed by atoms with Gasteiger partial charge in [0.05, 0.1) is 7.11 Å². The average molecular weight is 401 g/mol. The molecule has 1 aromatic rings. The zero-order chi connectivity index (χ0) is 14.5. The van der Waals surface area contributed by atoms with Gasteiger partial charge in [-0.1, -0.05) is 30.3 Å². The molecule has 21 heavy (non-hydrogen) atoms. The van der Waals surface area contributed by atoms with Crippen molar-refractivity contribution in [2.75, 3.05) is 13.7 Å². The Bertz CT molecular complexity index is 499. The minimum Gasteiger partial charge on any atom is -1.00 e. The summed E-state index contributed by atoms with van der Waals surface area (Å²) in [4.78, 5) is 11.8. The van der Waals surface area contributed by atoms with Gasteiger partial charge in [-0.25, -0.2) is 4.58 Å². The summed E-state index contributed by atoms with van der Waals surface area (Å²) in [5, 5.41) is 0. The molecule has 3 nitrogen and oxygen atoms in total. The number of halogens is 1. The minimum absolute atomic E-state index is 0. The Labute approximate surface area is 144 Å². The highest BCUT2D eigenvalue weighted by molar-refractivity contribution is 5.99. The van der Waals surface area contributed by atoms with Crippen molar-refractivity contribution in [2.45, 2.75) is 39.2 Å². The summed E-state index contributed by atoms with van der Waals surface area (Å²) in [5.74, 6) is -0.279. The first-order valence-electron chi connectivity index (χ1n) is 7.40. The summed E-state index contributed by atoms with van der Waals surface area (Å²) in [6, 6.07) is 10.8. The Balaban J connectivity index is 0.00000220. The van der Waals surface area contributed by atoms with Crippen LogP contribution >= 0.6 is 0 Å². The summed E-state index contributed by atoms with van der Waals surface area (Å²) < 4.78 is 7.30. The molecule has 0 aliphatic carbocycles. The van der Waals surface area contributed by atoms with Gasteiger partial charge < -0.3 is 28.7 Å². The molecule has 0 fully saturated rings. The second kappa shape index (κ2) is 8.51. The van der Waals surface area contributed by atoms with Gasteiger partial charge in [0, 0.05) is 25.3 Å². The Kier molecular flexibility index (Phi) is 7.35. The number of ether oxygens (including phenoxy) is 1. The van der Waals surface area contributed by atoms with Gasteiger partial charge in [0.2, 0.25) is 0 Å². The van der Waals surface area contributed by atoms with Crippen molar-refractivity contribution in [3.8, 4) is 0 Å². The quantitative estimate of drug-likeness (QED) is 0.410. The summed E-state index contributed by atoms with van der Waals surface area (Å²) in [6.45, 7) is 5.19. The van der Waals surface area contributed by atoms with Crippen LogP contribution in [0.3, 0.4) is 0 Å². The molecular formula is C17H24INO2. The van der Waals surface area contributed by atoms with Gasteiger partial charge in [-0.15, -0.1) is 0 Å². The molecule has 1 heterocycles. The Morgan fingerprint density at radius 3 is 2.48 bits per heavy atom. The van der Waals surface area contributed by atoms with E-state index in [-0.39, 0.29) is 35.9 Å². The fourth-order valence-electron chi connectivity index (χ4n) is 3.01. The van der Waals surface area contributed by atoms with E-state index in [9.17, 15) is 4.79 Å². The van der Waals surface area contributed by atoms with Gasteiger partial charge in [0.15, 0.2) is 11.8 Å². The minimum atomic E-state index is -0.147. The second-order valence-corrected chi connectivity index (χ2v) is 5.47. The number of carbonyl (C=O) groups is 1. The molecular weight excluding hydrogens is 377 g/mol. The summed E-state index contributed by atoms with van der Waals surface area (Å²) in [6.07, 6.45) is 3.34. The van der Waals surface area contributed by atoms with E-state index >= 15 is 0 Å². The standard InChI is InChI=1S/C17H24NO2.HI/c1-13(17(19)20-3)16-11-7-8-12-18(16)14(2)15-9-5-4-6-10-15;/h4-6,9-10,13-14H,7-8,11-12H2,1-3H3;1H/q+1;/p-1/t13?,14-;/m0./s1. The molecule has 0 spiro atoms. The molecule has 4 heteroatoms. The normalized spacial score (nSPS) is 17.7. The number of benzene rings is 1. The van der Waals surface area contributed by atoms with Crippen molar-refractivity contribution < 1.29 is 38.1 Å². The number of hydrogen-bond donors (Lipinski definition) is 0. The fraction of sp³-hybridized carbons (Fsp3) is 0.529. The van der Waals surface area contributed by atoms with Crippen LogP contribution in [0.1, 0.15) is 44.7 Å². The summed E-state index contributed by atoms with van der Waals surface area (Å²) in [5.41, 5.74) is 2.52. The average Bonchev–Trinajstić information content (AvgIpc) is 2.53. The number of methoxy groups -OCH3 is 1. The lowest BCUT2D eigenvalue weighted by molar-refractivity contribution is -0.575. The zero-order valence-electron chi connectivity index (χ0n) is 13.0. The lowest BCUT2D eigenvalue weighted by Crippen LogP contribution is -3.00. The second-order valence-electron chi connectivity index (χ2n) is 5.47. The molecule has 0 aromatic heterocycles. The van der Waals surface area contributed by atoms with Gasteiger partial charge in [-0.2, -0.15) is 0 Å². The molecule has 2 atom stereocenters. The van der Waals surface area contributed by atoms with Crippen molar-refractivity contribution in [3.05, 3.63) is 35.9 Å². The number of rotatable bonds is 4. The fourth-order valence-corrected chi connectivity index (χ4v) is 3.01. The summed E-state index contributed by atoms with van der Waals surface area (Å²) in [7, 11) is 1.47. The molecule has 0 N–H and O–H groups in total. The van der Waals surface area contributed by atoms with Gasteiger partial charge in [0.25, 0.3) is 0 Å². The number of hydrogen-bond acceptors (Lipinski definition) is 2. The Hall–Kier alpha value is -0.910. The van der Waals surface area contributed by atoms with Crippen LogP contribution in [0.2, 0.25) is 0 Å². The van der Waals surface area contributed by atoms with E-state index in [1.54, 1.807) is 0 Å². The van der Waals surface area contributed by atoms with Crippen molar-refractivity contribution in [1.82, 2.24) is 0 Å². The number of esters is 1. The van der Waals surface area contributed by atoms with Crippen LogP contribution in [0.5, 0.6) is 0 Å². The lowest BCUT2D eigenvalue weighted by atomic mass is 9.95. The highest BCUT2D eigenvalue weighted by Crippen LogP contribution is 2.23. The SMILES string of the molecule is COC(=O)C(C)C1=[N+]([C@@H](C)c2ccccc2)CCCC1.[I-]. The van der Waals surface area contributed by atoms with Crippen LogP contribution in [-0.4, -0.2) is 29.9 Å². The predicted octanol–water partition coefficient (Wildman–Crippen LogP) is 0.198. The topological polar surface area (TPSA) is 29.3 Å². The van der Waals surface area contributed by atoms with Gasteiger partial charge in [-0.3, -0.25) is 4.79 Å². The lowest BCUT2D eigenvalue weighted by Gasteiger charge is -2.22. The van der Waals surface area contributed by atoms with E-state index in [0.717, 1.165) is 19.4 Å². The first-order valence-corrected chi connectivity index (χ1v) is 7.40. The van der Waals surface area contributed by atoms with E-state index in [4.69, 9.17) is 4.74 Å². The van der Waals surface area contributed by atoms with E-state index < -0.39 is 0 Å². The Morgan fingerprint density at radius 1 is 1.19 bits per heavy atom. The van der Waals surface area contributed by atoms with Crippen LogP contribution in [0.25, 0.3) is 0 Å². The van der Waals surface area contributed by atoms with Crippen molar-refractivity contribution >= 4 is 11.7 Å². The first-order chi connectivity index (χ1) is 9.65. The number of carbonyl (C=O) groups excluding carboxylic acids is 1. The van der Waals surface area contributed by atoms with Crippen molar-refractivity contribution in [2.24, 2.45) is 5.92 Å². The van der Waals surface area contributed by atoms with E-state index in [1.165, 1.54) is 24.8 Å². The highest BCUT2D eigenvalue weighted by Gasteiger charge is 2.33. The third-order valence-electron chi connectivity index (χ3n) is 4.25. The third kappa shape index (κ3) is 4.28. The smallest absolute Gasteiger partial charge is 0.318 e. The van der Waals surface area contributed by atoms with Gasteiger partial charge in [-0.05, 0) is 13.3 Å². The molecule has 0 bridgehead atoms. The van der Waals surface area contributed by atoms with E-state index in [1.807, 2.05) is 13.0 Å². The largest absolute Gasteiger partial charge is 1.00 e. The zero-order valence-corrected chi connectivity index (χ0v) is 15.2. The summed E-state index contributed by atoms with van der Waals surface area (Å²) >= 11 is 0. The first kappa shape index (κ1) is 18.1. The maximum atomic E-state index is 11.8. The van der Waals surface area contributed by atoms with E-state index in [0.29, 0.717) is 6.04 Å². The molecule has 0 radical (unpaired) electrons. The third-order valence-corrected chi connectivity index (χ3v) is 4.25. The van der Waals surface area contributed by atoms with Crippen LogP contribution in [-0.2, 0) is 9.53 Å². The molecule has 1 unspecified atom stereocenters. The molecule has 0 saturated heterocycles. The predicted molar refractivity (Wildman–Crippen MR) is 80.0 cm³/mol. The molecule has 1 aromatic carbocycles. The monoisotopic (exact) mass is 401 g/mol. The van der Waals surface area contributed by atoms with Crippen molar-refractivity contribution in [3.63, 3.8) is 0 Å². The maximum absolute atomic E-state index is 11.8. The molecule has 116 valence electrons. The molecule has 0 amide bonds. The molecule has 0 saturated carbocycles. The van der Waals surface area contributed by atoms with Crippen molar-refractivity contribution in [1.29, 1.82) is 0 Å². The van der Waals surface area contributed by atoms with E-state index in [2.05, 4.69) is 35.8 Å². The maximum Gasteiger partial charge on any atom is 0.318 e. The van der Waals surface area contributed by atoms with Crippen LogP contribution < -0.4 is 24.0 Å².